The molecule has 30 heavy (non-hydrogen) atoms. The minimum atomic E-state index is -0.267. The molecule has 2 aromatic heterocycles. The van der Waals surface area contributed by atoms with Crippen LogP contribution in [0.15, 0.2) is 57.9 Å². The van der Waals surface area contributed by atoms with Gasteiger partial charge in [0, 0.05) is 38.2 Å². The van der Waals surface area contributed by atoms with E-state index in [1.54, 1.807) is 23.1 Å². The minimum absolute atomic E-state index is 0.00929. The van der Waals surface area contributed by atoms with Gasteiger partial charge in [0.1, 0.15) is 5.76 Å². The monoisotopic (exact) mass is 408 g/mol. The average Bonchev–Trinajstić information content (AvgIpc) is 3.39. The third-order valence-electron chi connectivity index (χ3n) is 5.39. The molecule has 0 atom stereocenters. The molecule has 4 rings (SSSR count). The van der Waals surface area contributed by atoms with Gasteiger partial charge in [0.15, 0.2) is 0 Å². The van der Waals surface area contributed by atoms with Gasteiger partial charge in [-0.05, 0) is 43.2 Å². The van der Waals surface area contributed by atoms with E-state index < -0.39 is 0 Å². The molecule has 0 spiro atoms. The van der Waals surface area contributed by atoms with Crippen molar-refractivity contribution >= 4 is 28.9 Å². The van der Waals surface area contributed by atoms with Gasteiger partial charge in [0.05, 0.1) is 17.3 Å². The zero-order valence-corrected chi connectivity index (χ0v) is 16.5. The van der Waals surface area contributed by atoms with Gasteiger partial charge in [0.25, 0.3) is 0 Å². The topological polar surface area (TPSA) is 100 Å². The van der Waals surface area contributed by atoms with Gasteiger partial charge in [-0.2, -0.15) is 0 Å². The van der Waals surface area contributed by atoms with Gasteiger partial charge in [-0.25, -0.2) is 4.79 Å². The molecule has 8 heteroatoms. The van der Waals surface area contributed by atoms with E-state index in [2.05, 4.69) is 10.3 Å². The number of H-pyrrole nitrogens is 1. The van der Waals surface area contributed by atoms with Crippen molar-refractivity contribution in [3.63, 3.8) is 0 Å². The van der Waals surface area contributed by atoms with Crippen LogP contribution in [0, 0.1) is 0 Å². The molecule has 2 amide bonds. The zero-order valence-electron chi connectivity index (χ0n) is 16.5. The Kier molecular flexibility index (Phi) is 5.83. The fraction of sp³-hybridized carbons (Fsp3) is 0.318. The number of hydrogen-bond donors (Lipinski definition) is 2. The lowest BCUT2D eigenvalue weighted by Crippen LogP contribution is -2.41. The maximum atomic E-state index is 12.5. The van der Waals surface area contributed by atoms with Crippen LogP contribution in [0.1, 0.15) is 31.1 Å². The van der Waals surface area contributed by atoms with E-state index in [1.165, 1.54) is 12.3 Å². The maximum Gasteiger partial charge on any atom is 0.326 e. The van der Waals surface area contributed by atoms with Crippen molar-refractivity contribution in [1.29, 1.82) is 0 Å². The van der Waals surface area contributed by atoms with Gasteiger partial charge < -0.3 is 19.6 Å². The number of aromatic amines is 1. The lowest BCUT2D eigenvalue weighted by atomic mass is 10.0. The van der Waals surface area contributed by atoms with Crippen molar-refractivity contribution in [2.45, 2.75) is 25.3 Å². The van der Waals surface area contributed by atoms with Crippen molar-refractivity contribution in [3.8, 4) is 0 Å². The molecule has 3 aromatic rings. The van der Waals surface area contributed by atoms with Crippen molar-refractivity contribution < 1.29 is 14.0 Å². The van der Waals surface area contributed by atoms with Crippen molar-refractivity contribution in [3.05, 3.63) is 65.0 Å². The first-order valence-electron chi connectivity index (χ1n) is 10.1. The number of fused-ring (bicyclic) bond motifs is 1. The number of aromatic nitrogens is 2. The number of likely N-dealkylation sites (tertiary alicyclic amines) is 1. The SMILES string of the molecule is O=C(/C=C/c1ccco1)NCCC(=O)N1CCC(n2c(=O)[nH]c3ccccc32)CC1. The van der Waals surface area contributed by atoms with E-state index >= 15 is 0 Å². The smallest absolute Gasteiger partial charge is 0.326 e. The van der Waals surface area contributed by atoms with Crippen LogP contribution < -0.4 is 11.0 Å². The number of benzene rings is 1. The summed E-state index contributed by atoms with van der Waals surface area (Å²) in [6, 6.07) is 11.2. The minimum Gasteiger partial charge on any atom is -0.465 e. The van der Waals surface area contributed by atoms with Crippen LogP contribution in [0.5, 0.6) is 0 Å². The van der Waals surface area contributed by atoms with Crippen molar-refractivity contribution in [2.75, 3.05) is 19.6 Å². The predicted molar refractivity (Wildman–Crippen MR) is 113 cm³/mol. The van der Waals surface area contributed by atoms with Gasteiger partial charge in [-0.15, -0.1) is 0 Å². The summed E-state index contributed by atoms with van der Waals surface area (Å²) in [6.45, 7) is 1.48. The third-order valence-corrected chi connectivity index (χ3v) is 5.39. The Bertz CT molecular complexity index is 1100. The largest absolute Gasteiger partial charge is 0.465 e. The third kappa shape index (κ3) is 4.37. The first kappa shape index (κ1) is 19.8. The van der Waals surface area contributed by atoms with Crippen LogP contribution in [0.3, 0.4) is 0 Å². The van der Waals surface area contributed by atoms with Gasteiger partial charge in [-0.1, -0.05) is 12.1 Å². The second-order valence-electron chi connectivity index (χ2n) is 7.32. The summed E-state index contributed by atoms with van der Waals surface area (Å²) in [4.78, 5) is 41.3. The molecule has 1 aromatic carbocycles. The quantitative estimate of drug-likeness (QED) is 0.611. The van der Waals surface area contributed by atoms with Crippen molar-refractivity contribution in [2.24, 2.45) is 0 Å². The lowest BCUT2D eigenvalue weighted by Gasteiger charge is -2.32. The Labute approximate surface area is 173 Å². The molecule has 3 heterocycles. The summed E-state index contributed by atoms with van der Waals surface area (Å²) in [7, 11) is 0. The number of furan rings is 1. The normalized spacial score (nSPS) is 15.1. The number of rotatable bonds is 6. The molecule has 2 N–H and O–H groups in total. The Balaban J connectivity index is 1.25. The fourth-order valence-electron chi connectivity index (χ4n) is 3.86. The summed E-state index contributed by atoms with van der Waals surface area (Å²) >= 11 is 0. The lowest BCUT2D eigenvalue weighted by molar-refractivity contribution is -0.132. The molecular formula is C22H24N4O4. The fourth-order valence-corrected chi connectivity index (χ4v) is 3.86. The van der Waals surface area contributed by atoms with Gasteiger partial charge in [0.2, 0.25) is 11.8 Å². The predicted octanol–water partition coefficient (Wildman–Crippen LogP) is 2.31. The highest BCUT2D eigenvalue weighted by Crippen LogP contribution is 2.25. The van der Waals surface area contributed by atoms with E-state index in [1.807, 2.05) is 28.8 Å². The summed E-state index contributed by atoms with van der Waals surface area (Å²) < 4.78 is 6.93. The van der Waals surface area contributed by atoms with Crippen LogP contribution in [-0.4, -0.2) is 45.9 Å². The molecule has 1 saturated heterocycles. The molecule has 0 radical (unpaired) electrons. The molecule has 0 saturated carbocycles. The highest BCUT2D eigenvalue weighted by Gasteiger charge is 2.25. The van der Waals surface area contributed by atoms with Gasteiger partial charge in [-0.3, -0.25) is 14.2 Å². The second-order valence-corrected chi connectivity index (χ2v) is 7.32. The van der Waals surface area contributed by atoms with Crippen molar-refractivity contribution in [1.82, 2.24) is 19.8 Å². The van der Waals surface area contributed by atoms with Crippen LogP contribution in [0.2, 0.25) is 0 Å². The number of amides is 2. The molecule has 1 aliphatic heterocycles. The number of carbonyl (C=O) groups excluding carboxylic acids is 2. The van der Waals surface area contributed by atoms with E-state index in [0.717, 1.165) is 23.9 Å². The second kappa shape index (κ2) is 8.86. The first-order valence-corrected chi connectivity index (χ1v) is 10.1. The molecule has 156 valence electrons. The maximum absolute atomic E-state index is 12.5. The number of nitrogens with one attached hydrogen (secondary N) is 2. The van der Waals surface area contributed by atoms with Crippen LogP contribution >= 0.6 is 0 Å². The molecule has 0 aliphatic carbocycles. The Morgan fingerprint density at radius 3 is 2.73 bits per heavy atom. The Morgan fingerprint density at radius 2 is 1.97 bits per heavy atom. The average molecular weight is 408 g/mol. The summed E-state index contributed by atoms with van der Waals surface area (Å²) in [5, 5.41) is 2.71. The molecule has 0 bridgehead atoms. The van der Waals surface area contributed by atoms with Gasteiger partial charge >= 0.3 is 5.69 Å². The van der Waals surface area contributed by atoms with Crippen LogP contribution in [0.25, 0.3) is 17.1 Å². The molecule has 0 unspecified atom stereocenters. The van der Waals surface area contributed by atoms with Crippen LogP contribution in [-0.2, 0) is 9.59 Å². The number of hydrogen-bond acceptors (Lipinski definition) is 4. The number of nitrogens with zero attached hydrogens (tertiary/aromatic N) is 2. The highest BCUT2D eigenvalue weighted by atomic mass is 16.3. The number of imidazole rings is 1. The molecule has 8 nitrogen and oxygen atoms in total. The van der Waals surface area contributed by atoms with E-state index in [4.69, 9.17) is 4.42 Å². The number of carbonyl (C=O) groups is 2. The molecule has 1 aliphatic rings. The highest BCUT2D eigenvalue weighted by molar-refractivity contribution is 5.91. The Hall–Kier alpha value is -3.55. The summed E-state index contributed by atoms with van der Waals surface area (Å²) in [5.74, 6) is 0.338. The van der Waals surface area contributed by atoms with E-state index in [-0.39, 0.29) is 36.5 Å². The van der Waals surface area contributed by atoms with E-state index in [9.17, 15) is 14.4 Å². The molecular weight excluding hydrogens is 384 g/mol. The van der Waals surface area contributed by atoms with E-state index in [0.29, 0.717) is 18.8 Å². The summed E-state index contributed by atoms with van der Waals surface area (Å²) in [5.41, 5.74) is 1.63. The number of piperidine rings is 1. The van der Waals surface area contributed by atoms with Crippen LogP contribution in [0.4, 0.5) is 0 Å². The Morgan fingerprint density at radius 1 is 1.17 bits per heavy atom. The standard InChI is InChI=1S/C22H24N4O4/c27-20(8-7-17-4-3-15-30-17)23-12-9-21(28)25-13-10-16(11-14-25)26-19-6-2-1-5-18(19)24-22(26)29/h1-8,15-16H,9-14H2,(H,23,27)(H,24,29)/b8-7+. The molecule has 1 fully saturated rings. The first-order chi connectivity index (χ1) is 14.6. The number of para-hydroxylation sites is 2. The zero-order chi connectivity index (χ0) is 20.9. The summed E-state index contributed by atoms with van der Waals surface area (Å²) in [6.07, 6.45) is 6.20.